The van der Waals surface area contributed by atoms with Crippen molar-refractivity contribution in [2.45, 2.75) is 186 Å². The number of benzene rings is 4. The summed E-state index contributed by atoms with van der Waals surface area (Å²) in [4.78, 5) is 23.7. The van der Waals surface area contributed by atoms with Crippen LogP contribution in [0.15, 0.2) is 72.8 Å². The van der Waals surface area contributed by atoms with Crippen molar-refractivity contribution in [3.05, 3.63) is 223 Å². The van der Waals surface area contributed by atoms with Crippen LogP contribution in [0.4, 0.5) is 0 Å². The second-order valence-corrected chi connectivity index (χ2v) is 39.5. The summed E-state index contributed by atoms with van der Waals surface area (Å²) in [5.41, 5.74) is 43.4. The number of rotatable bonds is 0. The lowest BCUT2D eigenvalue weighted by Crippen LogP contribution is -2.16. The van der Waals surface area contributed by atoms with Gasteiger partial charge in [0.2, 0.25) is 0 Å². The maximum Gasteiger partial charge on any atom is 0.0389 e. The summed E-state index contributed by atoms with van der Waals surface area (Å²) < 4.78 is 0. The van der Waals surface area contributed by atoms with Gasteiger partial charge >= 0.3 is 0 Å². The number of thiophene rings is 8. The molecule has 8 heterocycles. The van der Waals surface area contributed by atoms with Gasteiger partial charge in [0.05, 0.1) is 0 Å². The highest BCUT2D eigenvalue weighted by molar-refractivity contribution is 7.18. The Hall–Kier alpha value is -5.52. The molecule has 0 radical (unpaired) electrons. The van der Waals surface area contributed by atoms with E-state index in [1.54, 1.807) is 76.5 Å². The molecule has 92 heavy (non-hydrogen) atoms. The Labute approximate surface area is 577 Å². The van der Waals surface area contributed by atoms with Crippen molar-refractivity contribution < 1.29 is 0 Å². The zero-order valence-corrected chi connectivity index (χ0v) is 63.4. The summed E-state index contributed by atoms with van der Waals surface area (Å²) in [5, 5.41) is 0. The molecule has 0 bridgehead atoms. The van der Waals surface area contributed by atoms with Crippen LogP contribution >= 0.6 is 90.7 Å². The zero-order valence-electron chi connectivity index (χ0n) is 56.9. The van der Waals surface area contributed by atoms with Crippen LogP contribution in [0, 0.1) is 83.1 Å². The van der Waals surface area contributed by atoms with Crippen molar-refractivity contribution in [1.29, 1.82) is 0 Å². The Morgan fingerprint density at radius 2 is 0.576 bits per heavy atom. The number of aryl methyl sites for hydroxylation is 8. The maximum absolute atomic E-state index is 2.51. The molecule has 4 unspecified atom stereocenters. The van der Waals surface area contributed by atoms with Gasteiger partial charge in [-0.2, -0.15) is 0 Å². The van der Waals surface area contributed by atoms with E-state index in [1.165, 1.54) is 157 Å². The van der Waals surface area contributed by atoms with Gasteiger partial charge in [0.1, 0.15) is 0 Å². The van der Waals surface area contributed by atoms with Crippen molar-refractivity contribution in [2.75, 3.05) is 0 Å². The molecule has 4 aromatic carbocycles. The largest absolute Gasteiger partial charge is 0.140 e. The lowest BCUT2D eigenvalue weighted by Gasteiger charge is -2.24. The highest BCUT2D eigenvalue weighted by Gasteiger charge is 2.45. The fraction of sp³-hybridized carbons (Fsp3) is 0.333. The molecule has 4 atom stereocenters. The molecular weight excluding hydrogens is 1270 g/mol. The zero-order chi connectivity index (χ0) is 64.3. The third-order valence-electron chi connectivity index (χ3n) is 22.8. The van der Waals surface area contributed by atoms with Crippen LogP contribution in [0.25, 0.3) is 83.5 Å². The van der Waals surface area contributed by atoms with Gasteiger partial charge in [-0.3, -0.25) is 0 Å². The Morgan fingerprint density at radius 3 is 0.946 bits per heavy atom. The Bertz CT molecular complexity index is 4940. The van der Waals surface area contributed by atoms with Crippen molar-refractivity contribution in [3.8, 4) is 83.5 Å². The van der Waals surface area contributed by atoms with E-state index in [0.717, 1.165) is 12.8 Å². The minimum atomic E-state index is 0.115. The normalized spacial score (nSPS) is 18.3. The quantitative estimate of drug-likeness (QED) is 0.142. The van der Waals surface area contributed by atoms with Crippen molar-refractivity contribution in [3.63, 3.8) is 0 Å². The van der Waals surface area contributed by atoms with Crippen LogP contribution in [-0.2, 0) is 23.7 Å². The van der Waals surface area contributed by atoms with Crippen LogP contribution in [0.5, 0.6) is 0 Å². The van der Waals surface area contributed by atoms with Gasteiger partial charge in [-0.05, 0) is 324 Å². The van der Waals surface area contributed by atoms with Crippen molar-refractivity contribution in [1.82, 2.24) is 0 Å². The highest BCUT2D eigenvalue weighted by Crippen LogP contribution is 2.63. The molecule has 0 saturated carbocycles. The van der Waals surface area contributed by atoms with Gasteiger partial charge in [0.25, 0.3) is 0 Å². The SMILES string of the molecule is Cc1cc2c(s1)-c1c(C)c3c(c(C)c1C2)-c1sc(C)cc1C3.Cc1cc2c(s1)-c1c(C)c3c(c(C)c1C2C)-c1sc(C)cc1C3C.Cc1cc2c(s1)-c1cc3c(cc1C2(C)C)-c1sc(C)cc1C3(C)C.Cc1cc2c(s1)-c1cc3c(cc1C2C)-c1sc(C)cc1C3C. The third-order valence-corrected chi connectivity index (χ3v) is 31.6. The molecule has 0 N–H and O–H groups in total. The molecule has 0 amide bonds. The molecule has 0 saturated heterocycles. The van der Waals surface area contributed by atoms with Crippen LogP contribution in [0.3, 0.4) is 0 Å². The molecule has 8 aliphatic rings. The first-order chi connectivity index (χ1) is 43.7. The molecule has 464 valence electrons. The molecular formula is C84H80S8. The van der Waals surface area contributed by atoms with Gasteiger partial charge in [0, 0.05) is 113 Å². The highest BCUT2D eigenvalue weighted by atomic mass is 32.1. The smallest absolute Gasteiger partial charge is 0.0389 e. The molecule has 20 rings (SSSR count). The predicted octanol–water partition coefficient (Wildman–Crippen LogP) is 27.2. The second kappa shape index (κ2) is 20.5. The first-order valence-corrected chi connectivity index (χ1v) is 39.8. The minimum Gasteiger partial charge on any atom is -0.140 e. The Kier molecular flexibility index (Phi) is 13.4. The number of hydrogen-bond acceptors (Lipinski definition) is 8. The van der Waals surface area contributed by atoms with Gasteiger partial charge in [-0.1, -0.05) is 55.4 Å². The summed E-state index contributed by atoms with van der Waals surface area (Å²) in [7, 11) is 0. The lowest BCUT2D eigenvalue weighted by atomic mass is 9.79. The van der Waals surface area contributed by atoms with Gasteiger partial charge in [-0.15, -0.1) is 90.7 Å². The molecule has 0 nitrogen and oxygen atoms in total. The minimum absolute atomic E-state index is 0.115. The fourth-order valence-electron chi connectivity index (χ4n) is 18.4. The summed E-state index contributed by atoms with van der Waals surface area (Å²) in [5.74, 6) is 2.15. The van der Waals surface area contributed by atoms with E-state index in [2.05, 4.69) is 211 Å². The summed E-state index contributed by atoms with van der Waals surface area (Å²) in [6, 6.07) is 29.2. The van der Waals surface area contributed by atoms with E-state index < -0.39 is 0 Å². The monoisotopic (exact) mass is 1340 g/mol. The first kappa shape index (κ1) is 60.2. The van der Waals surface area contributed by atoms with E-state index in [0.29, 0.717) is 23.7 Å². The molecule has 0 aliphatic heterocycles. The third kappa shape index (κ3) is 8.29. The van der Waals surface area contributed by atoms with Crippen LogP contribution in [0.2, 0.25) is 0 Å². The average Bonchev–Trinajstić information content (AvgIpc) is 1.55. The predicted molar refractivity (Wildman–Crippen MR) is 409 cm³/mol. The molecule has 0 spiro atoms. The van der Waals surface area contributed by atoms with Crippen LogP contribution in [-0.4, -0.2) is 0 Å². The van der Waals surface area contributed by atoms with E-state index >= 15 is 0 Å². The van der Waals surface area contributed by atoms with Gasteiger partial charge in [-0.25, -0.2) is 0 Å². The van der Waals surface area contributed by atoms with E-state index in [9.17, 15) is 0 Å². The molecule has 8 aromatic heterocycles. The Balaban J connectivity index is 0.0000000940. The van der Waals surface area contributed by atoms with E-state index in [1.807, 2.05) is 90.7 Å². The maximum atomic E-state index is 2.51. The van der Waals surface area contributed by atoms with Crippen LogP contribution < -0.4 is 0 Å². The van der Waals surface area contributed by atoms with Gasteiger partial charge < -0.3 is 0 Å². The van der Waals surface area contributed by atoms with E-state index in [4.69, 9.17) is 0 Å². The summed E-state index contributed by atoms with van der Waals surface area (Å²) in [6.45, 7) is 46.4. The summed E-state index contributed by atoms with van der Waals surface area (Å²) in [6.07, 6.45) is 2.27. The first-order valence-electron chi connectivity index (χ1n) is 33.2. The van der Waals surface area contributed by atoms with Crippen LogP contribution in [0.1, 0.15) is 229 Å². The number of hydrogen-bond donors (Lipinski definition) is 0. The standard InChI is InChI=1S/2C22H22S2.2C20H18S2/c1-11-7-17-19(23-11)13-9-16-14(10-15(13)21(17,3)4)20-18(22(16,5)6)8-12(2)24-20;1-9-7-15-11(3)17-14(6)20-18(13(5)19(17)21(15)23-9)12(4)16-8-10(2)24-22(16)20;1-9-5-15-11(3)13-8-18-14(7-17(13)19(15)21-9)12(4)16-6-10(2)22-20(16)18;1-9-5-13-7-15-12(4)18-16(11(3)17(15)19(13)21-9)8-14-6-10(2)22-20(14)18/h7-10H,1-6H3;7-8,11-12H,1-6H3;5-8,11-12H,1-4H3;5-6H,7-8H2,1-4H3. The van der Waals surface area contributed by atoms with Gasteiger partial charge in [0.15, 0.2) is 0 Å². The fourth-order valence-corrected chi connectivity index (χ4v) is 27.9. The lowest BCUT2D eigenvalue weighted by molar-refractivity contribution is 0.652. The Morgan fingerprint density at radius 1 is 0.272 bits per heavy atom. The molecule has 12 aromatic rings. The second-order valence-electron chi connectivity index (χ2n) is 29.4. The number of fused-ring (bicyclic) bond motifs is 24. The molecule has 0 fully saturated rings. The summed E-state index contributed by atoms with van der Waals surface area (Å²) >= 11 is 15.8. The van der Waals surface area contributed by atoms with E-state index in [-0.39, 0.29) is 10.8 Å². The van der Waals surface area contributed by atoms with Crippen molar-refractivity contribution in [2.24, 2.45) is 0 Å². The average molecular weight is 1350 g/mol. The molecule has 8 heteroatoms. The molecule has 8 aliphatic carbocycles. The topological polar surface area (TPSA) is 0 Å². The van der Waals surface area contributed by atoms with Crippen molar-refractivity contribution >= 4 is 90.7 Å².